The Labute approximate surface area is 143 Å². The number of hydrogen-bond acceptors (Lipinski definition) is 4. The van der Waals surface area contributed by atoms with Crippen LogP contribution in [0.3, 0.4) is 0 Å². The van der Waals surface area contributed by atoms with Crippen LogP contribution in [-0.4, -0.2) is 34.0 Å². The molecule has 24 heavy (non-hydrogen) atoms. The molecule has 0 unspecified atom stereocenters. The number of carbonyl (C=O) groups excluding carboxylic acids is 1. The zero-order valence-corrected chi connectivity index (χ0v) is 13.8. The first kappa shape index (κ1) is 15.6. The molecule has 1 amide bonds. The van der Waals surface area contributed by atoms with Gasteiger partial charge in [-0.05, 0) is 37.8 Å². The standard InChI is InChI=1S/C17H17ClFN3O2/c18-13-5-1-4-12(14(13)19)15-20-16(24-21-15)11-3-2-8-22(9-11)17(23)10-6-7-10/h1,4-5,10-11H,2-3,6-9H2/t11-/m0/s1. The van der Waals surface area contributed by atoms with Crippen LogP contribution in [0.4, 0.5) is 4.39 Å². The summed E-state index contributed by atoms with van der Waals surface area (Å²) in [7, 11) is 0. The molecule has 1 saturated carbocycles. The van der Waals surface area contributed by atoms with E-state index < -0.39 is 5.82 Å². The number of benzene rings is 1. The number of aromatic nitrogens is 2. The lowest BCUT2D eigenvalue weighted by molar-refractivity contribution is -0.133. The van der Waals surface area contributed by atoms with Crippen LogP contribution in [0.1, 0.15) is 37.5 Å². The Kier molecular flexibility index (Phi) is 4.00. The van der Waals surface area contributed by atoms with Crippen molar-refractivity contribution >= 4 is 17.5 Å². The highest BCUT2D eigenvalue weighted by Gasteiger charge is 2.36. The summed E-state index contributed by atoms with van der Waals surface area (Å²) in [6, 6.07) is 4.69. The van der Waals surface area contributed by atoms with Gasteiger partial charge < -0.3 is 9.42 Å². The molecule has 2 fully saturated rings. The second kappa shape index (κ2) is 6.16. The average Bonchev–Trinajstić information content (AvgIpc) is 3.34. The van der Waals surface area contributed by atoms with Crippen molar-refractivity contribution < 1.29 is 13.7 Å². The first-order valence-electron chi connectivity index (χ1n) is 8.20. The molecule has 5 nitrogen and oxygen atoms in total. The van der Waals surface area contributed by atoms with Crippen LogP contribution >= 0.6 is 11.6 Å². The lowest BCUT2D eigenvalue weighted by Gasteiger charge is -2.31. The molecule has 126 valence electrons. The van der Waals surface area contributed by atoms with Gasteiger partial charge in [0.05, 0.1) is 16.5 Å². The highest BCUT2D eigenvalue weighted by molar-refractivity contribution is 6.31. The van der Waals surface area contributed by atoms with Crippen LogP contribution in [-0.2, 0) is 4.79 Å². The molecule has 1 aromatic heterocycles. The van der Waals surface area contributed by atoms with E-state index in [1.807, 2.05) is 4.90 Å². The number of nitrogens with zero attached hydrogens (tertiary/aromatic N) is 3. The molecule has 2 aliphatic rings. The van der Waals surface area contributed by atoms with Gasteiger partial charge in [0.15, 0.2) is 5.82 Å². The first-order valence-corrected chi connectivity index (χ1v) is 8.58. The Balaban J connectivity index is 1.53. The SMILES string of the molecule is O=C(C1CC1)N1CCC[C@H](c2nc(-c3cccc(Cl)c3F)no2)C1. The van der Waals surface area contributed by atoms with Gasteiger partial charge in [0, 0.05) is 19.0 Å². The second-order valence-corrected chi connectivity index (χ2v) is 6.86. The zero-order chi connectivity index (χ0) is 16.7. The molecule has 1 saturated heterocycles. The number of likely N-dealkylation sites (tertiary alicyclic amines) is 1. The van der Waals surface area contributed by atoms with E-state index in [1.165, 1.54) is 6.07 Å². The molecule has 2 aromatic rings. The van der Waals surface area contributed by atoms with Crippen LogP contribution in [0.25, 0.3) is 11.4 Å². The molecule has 0 N–H and O–H groups in total. The summed E-state index contributed by atoms with van der Waals surface area (Å²) >= 11 is 5.80. The van der Waals surface area contributed by atoms with Gasteiger partial charge in [-0.15, -0.1) is 0 Å². The van der Waals surface area contributed by atoms with E-state index in [0.29, 0.717) is 12.4 Å². The quantitative estimate of drug-likeness (QED) is 0.848. The fraction of sp³-hybridized carbons (Fsp3) is 0.471. The number of amides is 1. The number of rotatable bonds is 3. The van der Waals surface area contributed by atoms with Gasteiger partial charge in [-0.1, -0.05) is 22.8 Å². The number of hydrogen-bond donors (Lipinski definition) is 0. The third kappa shape index (κ3) is 2.90. The van der Waals surface area contributed by atoms with Crippen molar-refractivity contribution in [2.75, 3.05) is 13.1 Å². The maximum Gasteiger partial charge on any atom is 0.231 e. The van der Waals surface area contributed by atoms with E-state index in [9.17, 15) is 9.18 Å². The maximum atomic E-state index is 14.1. The van der Waals surface area contributed by atoms with Crippen molar-refractivity contribution in [3.05, 3.63) is 34.9 Å². The summed E-state index contributed by atoms with van der Waals surface area (Å²) in [5.74, 6) is 0.543. The molecule has 4 rings (SSSR count). The van der Waals surface area contributed by atoms with Gasteiger partial charge in [-0.2, -0.15) is 4.98 Å². The summed E-state index contributed by atoms with van der Waals surface area (Å²) in [5.41, 5.74) is 0.222. The normalized spacial score (nSPS) is 21.1. The van der Waals surface area contributed by atoms with Crippen molar-refractivity contribution in [3.8, 4) is 11.4 Å². The number of halogens is 2. The Morgan fingerprint density at radius 2 is 2.17 bits per heavy atom. The molecular weight excluding hydrogens is 333 g/mol. The maximum absolute atomic E-state index is 14.1. The Hall–Kier alpha value is -1.95. The molecular formula is C17H17ClFN3O2. The fourth-order valence-corrected chi connectivity index (χ4v) is 3.33. The number of carbonyl (C=O) groups is 1. The first-order chi connectivity index (χ1) is 11.6. The van der Waals surface area contributed by atoms with E-state index in [2.05, 4.69) is 10.1 Å². The largest absolute Gasteiger partial charge is 0.342 e. The molecule has 1 aliphatic carbocycles. The predicted octanol–water partition coefficient (Wildman–Crippen LogP) is 3.65. The van der Waals surface area contributed by atoms with E-state index >= 15 is 0 Å². The van der Waals surface area contributed by atoms with Gasteiger partial charge in [0.25, 0.3) is 0 Å². The predicted molar refractivity (Wildman–Crippen MR) is 86.0 cm³/mol. The summed E-state index contributed by atoms with van der Waals surface area (Å²) in [6.07, 6.45) is 3.79. The Morgan fingerprint density at radius 3 is 2.96 bits per heavy atom. The van der Waals surface area contributed by atoms with Gasteiger partial charge >= 0.3 is 0 Å². The van der Waals surface area contributed by atoms with Gasteiger partial charge in [-0.3, -0.25) is 4.79 Å². The molecule has 1 aliphatic heterocycles. The van der Waals surface area contributed by atoms with Crippen LogP contribution < -0.4 is 0 Å². The molecule has 0 bridgehead atoms. The fourth-order valence-electron chi connectivity index (χ4n) is 3.15. The van der Waals surface area contributed by atoms with Crippen LogP contribution in [0.5, 0.6) is 0 Å². The third-order valence-corrected chi connectivity index (χ3v) is 4.94. The summed E-state index contributed by atoms with van der Waals surface area (Å²) in [5, 5.41) is 3.92. The van der Waals surface area contributed by atoms with Crippen molar-refractivity contribution in [3.63, 3.8) is 0 Å². The molecule has 1 aromatic carbocycles. The van der Waals surface area contributed by atoms with Gasteiger partial charge in [-0.25, -0.2) is 4.39 Å². The van der Waals surface area contributed by atoms with E-state index in [0.717, 1.165) is 32.2 Å². The minimum absolute atomic E-state index is 0.00458. The van der Waals surface area contributed by atoms with Gasteiger partial charge in [0.1, 0.15) is 0 Å². The zero-order valence-electron chi connectivity index (χ0n) is 13.0. The van der Waals surface area contributed by atoms with Crippen LogP contribution in [0, 0.1) is 11.7 Å². The van der Waals surface area contributed by atoms with Crippen molar-refractivity contribution in [2.24, 2.45) is 5.92 Å². The Morgan fingerprint density at radius 1 is 1.33 bits per heavy atom. The minimum Gasteiger partial charge on any atom is -0.342 e. The van der Waals surface area contributed by atoms with E-state index in [1.54, 1.807) is 12.1 Å². The molecule has 7 heteroatoms. The molecule has 2 heterocycles. The smallest absolute Gasteiger partial charge is 0.231 e. The van der Waals surface area contributed by atoms with Crippen molar-refractivity contribution in [1.29, 1.82) is 0 Å². The summed E-state index contributed by atoms with van der Waals surface area (Å²) in [4.78, 5) is 18.5. The van der Waals surface area contributed by atoms with Crippen LogP contribution in [0.15, 0.2) is 22.7 Å². The van der Waals surface area contributed by atoms with Crippen molar-refractivity contribution in [2.45, 2.75) is 31.6 Å². The third-order valence-electron chi connectivity index (χ3n) is 4.64. The molecule has 0 radical (unpaired) electrons. The minimum atomic E-state index is -0.555. The summed E-state index contributed by atoms with van der Waals surface area (Å²) < 4.78 is 19.4. The van der Waals surface area contributed by atoms with E-state index in [4.69, 9.17) is 16.1 Å². The highest BCUT2D eigenvalue weighted by Crippen LogP contribution is 2.34. The molecule has 1 atom stereocenters. The summed E-state index contributed by atoms with van der Waals surface area (Å²) in [6.45, 7) is 1.38. The highest BCUT2D eigenvalue weighted by atomic mass is 35.5. The lowest BCUT2D eigenvalue weighted by atomic mass is 9.97. The average molecular weight is 350 g/mol. The topological polar surface area (TPSA) is 59.2 Å². The molecule has 0 spiro atoms. The van der Waals surface area contributed by atoms with Gasteiger partial charge in [0.2, 0.25) is 17.6 Å². The van der Waals surface area contributed by atoms with Crippen molar-refractivity contribution in [1.82, 2.24) is 15.0 Å². The lowest BCUT2D eigenvalue weighted by Crippen LogP contribution is -2.40. The number of piperidine rings is 1. The Bertz CT molecular complexity index is 775. The monoisotopic (exact) mass is 349 g/mol. The second-order valence-electron chi connectivity index (χ2n) is 6.46. The van der Waals surface area contributed by atoms with Crippen LogP contribution in [0.2, 0.25) is 5.02 Å². The van der Waals surface area contributed by atoms with E-state index in [-0.39, 0.29) is 34.2 Å².